The Morgan fingerprint density at radius 3 is 2.40 bits per heavy atom. The molecule has 1 aliphatic rings. The van der Waals surface area contributed by atoms with Crippen molar-refractivity contribution in [3.05, 3.63) is 65.7 Å². The number of piperidine rings is 1. The van der Waals surface area contributed by atoms with Gasteiger partial charge in [-0.15, -0.1) is 0 Å². The maximum absolute atomic E-state index is 13.2. The highest BCUT2D eigenvalue weighted by atomic mass is 32.1. The second kappa shape index (κ2) is 9.75. The summed E-state index contributed by atoms with van der Waals surface area (Å²) in [6, 6.07) is 12.8. The first kappa shape index (κ1) is 21.8. The Balaban J connectivity index is 1.73. The van der Waals surface area contributed by atoms with Crippen molar-refractivity contribution in [3.8, 4) is 0 Å². The molecule has 2 aromatic rings. The summed E-state index contributed by atoms with van der Waals surface area (Å²) >= 11 is 5.16. The number of hydrogen-bond donors (Lipinski definition) is 2. The topological polar surface area (TPSA) is 44.4 Å². The monoisotopic (exact) mass is 433 g/mol. The van der Waals surface area contributed by atoms with Crippen LogP contribution in [0.3, 0.4) is 0 Å². The van der Waals surface area contributed by atoms with E-state index in [0.717, 1.165) is 50.0 Å². The van der Waals surface area contributed by atoms with Crippen LogP contribution in [0.1, 0.15) is 30.4 Å². The molecule has 4 nitrogen and oxygen atoms in total. The zero-order valence-electron chi connectivity index (χ0n) is 16.2. The minimum Gasteiger partial charge on any atom is -0.370 e. The van der Waals surface area contributed by atoms with Gasteiger partial charge >= 0.3 is 6.18 Å². The summed E-state index contributed by atoms with van der Waals surface area (Å²) in [5.41, 5.74) is 0.934. The molecule has 1 aliphatic heterocycles. The van der Waals surface area contributed by atoms with Crippen molar-refractivity contribution in [1.29, 1.82) is 0 Å². The number of nitrogens with one attached hydrogen (secondary N) is 2. The predicted molar refractivity (Wildman–Crippen MR) is 117 cm³/mol. The lowest BCUT2D eigenvalue weighted by Crippen LogP contribution is -2.35. The molecule has 0 atom stereocenters. The van der Waals surface area contributed by atoms with Gasteiger partial charge in [0.15, 0.2) is 5.11 Å². The molecule has 2 N–H and O–H groups in total. The Labute approximate surface area is 178 Å². The molecule has 1 amide bonds. The third-order valence-corrected chi connectivity index (χ3v) is 4.94. The molecule has 2 aromatic carbocycles. The number of halogens is 3. The maximum Gasteiger partial charge on any atom is 0.416 e. The summed E-state index contributed by atoms with van der Waals surface area (Å²) in [6.45, 7) is 1.53. The predicted octanol–water partition coefficient (Wildman–Crippen LogP) is 5.22. The van der Waals surface area contributed by atoms with Crippen LogP contribution >= 0.6 is 12.2 Å². The second-order valence-corrected chi connectivity index (χ2v) is 7.37. The van der Waals surface area contributed by atoms with Crippen molar-refractivity contribution in [2.75, 3.05) is 23.3 Å². The van der Waals surface area contributed by atoms with Crippen molar-refractivity contribution in [2.24, 2.45) is 0 Å². The highest BCUT2D eigenvalue weighted by Gasteiger charge is 2.31. The molecular formula is C22H22F3N3OS. The van der Waals surface area contributed by atoms with E-state index in [1.807, 2.05) is 35.2 Å². The SMILES string of the molecule is O=C(/C=C/c1ccccc1)NC(=S)Nc1cc(C(F)(F)F)ccc1N1CCCCC1. The van der Waals surface area contributed by atoms with Crippen molar-refractivity contribution >= 4 is 40.7 Å². The van der Waals surface area contributed by atoms with Crippen LogP contribution < -0.4 is 15.5 Å². The van der Waals surface area contributed by atoms with Gasteiger partial charge in [-0.1, -0.05) is 30.3 Å². The molecule has 1 fully saturated rings. The summed E-state index contributed by atoms with van der Waals surface area (Å²) in [6.07, 6.45) is 1.53. The molecule has 3 rings (SSSR count). The average Bonchev–Trinajstić information content (AvgIpc) is 2.73. The Bertz CT molecular complexity index is 923. The van der Waals surface area contributed by atoms with Crippen LogP contribution in [0, 0.1) is 0 Å². The summed E-state index contributed by atoms with van der Waals surface area (Å²) in [4.78, 5) is 14.1. The van der Waals surface area contributed by atoms with Gasteiger partial charge in [-0.2, -0.15) is 13.2 Å². The molecule has 1 saturated heterocycles. The van der Waals surface area contributed by atoms with Gasteiger partial charge in [0, 0.05) is 19.2 Å². The molecule has 158 valence electrons. The summed E-state index contributed by atoms with van der Waals surface area (Å²) in [7, 11) is 0. The molecule has 0 aromatic heterocycles. The fraction of sp³-hybridized carbons (Fsp3) is 0.273. The third-order valence-electron chi connectivity index (χ3n) is 4.73. The van der Waals surface area contributed by atoms with E-state index in [4.69, 9.17) is 12.2 Å². The second-order valence-electron chi connectivity index (χ2n) is 6.96. The standard InChI is InChI=1S/C22H22F3N3OS/c23-22(24,25)17-10-11-19(28-13-5-2-6-14-28)18(15-17)26-21(30)27-20(29)12-9-16-7-3-1-4-8-16/h1,3-4,7-12,15H,2,5-6,13-14H2,(H2,26,27,29,30)/b12-9+. The number of amides is 1. The number of carbonyl (C=O) groups is 1. The van der Waals surface area contributed by atoms with Crippen LogP contribution in [0.15, 0.2) is 54.6 Å². The fourth-order valence-corrected chi connectivity index (χ4v) is 3.48. The first-order chi connectivity index (χ1) is 14.3. The molecule has 0 radical (unpaired) electrons. The fourth-order valence-electron chi connectivity index (χ4n) is 3.27. The van der Waals surface area contributed by atoms with Gasteiger partial charge in [-0.05, 0) is 61.3 Å². The Morgan fingerprint density at radius 2 is 1.73 bits per heavy atom. The molecule has 1 heterocycles. The van der Waals surface area contributed by atoms with Crippen LogP contribution in [0.4, 0.5) is 24.5 Å². The highest BCUT2D eigenvalue weighted by Crippen LogP contribution is 2.36. The van der Waals surface area contributed by atoms with Crippen LogP contribution in [-0.4, -0.2) is 24.1 Å². The van der Waals surface area contributed by atoms with Gasteiger partial charge < -0.3 is 10.2 Å². The number of nitrogens with zero attached hydrogens (tertiary/aromatic N) is 1. The van der Waals surface area contributed by atoms with Crippen molar-refractivity contribution in [2.45, 2.75) is 25.4 Å². The lowest BCUT2D eigenvalue weighted by atomic mass is 10.1. The van der Waals surface area contributed by atoms with Gasteiger partial charge in [0.1, 0.15) is 0 Å². The Kier molecular flexibility index (Phi) is 7.10. The van der Waals surface area contributed by atoms with E-state index < -0.39 is 17.6 Å². The van der Waals surface area contributed by atoms with Crippen LogP contribution in [0.25, 0.3) is 6.08 Å². The largest absolute Gasteiger partial charge is 0.416 e. The first-order valence-corrected chi connectivity index (χ1v) is 10.0. The number of carbonyl (C=O) groups excluding carboxylic acids is 1. The zero-order chi connectivity index (χ0) is 21.6. The van der Waals surface area contributed by atoms with Crippen molar-refractivity contribution in [3.63, 3.8) is 0 Å². The van der Waals surface area contributed by atoms with Crippen LogP contribution in [-0.2, 0) is 11.0 Å². The van der Waals surface area contributed by atoms with E-state index in [0.29, 0.717) is 5.69 Å². The van der Waals surface area contributed by atoms with Crippen LogP contribution in [0.5, 0.6) is 0 Å². The smallest absolute Gasteiger partial charge is 0.370 e. The minimum absolute atomic E-state index is 0.0599. The minimum atomic E-state index is -4.47. The number of benzene rings is 2. The number of hydrogen-bond acceptors (Lipinski definition) is 3. The van der Waals surface area contributed by atoms with E-state index in [1.165, 1.54) is 12.1 Å². The summed E-state index contributed by atoms with van der Waals surface area (Å²) in [5, 5.41) is 5.20. The first-order valence-electron chi connectivity index (χ1n) is 9.64. The number of anilines is 2. The van der Waals surface area contributed by atoms with E-state index in [-0.39, 0.29) is 10.8 Å². The number of alkyl halides is 3. The van der Waals surface area contributed by atoms with Crippen molar-refractivity contribution < 1.29 is 18.0 Å². The Morgan fingerprint density at radius 1 is 1.03 bits per heavy atom. The average molecular weight is 433 g/mol. The lowest BCUT2D eigenvalue weighted by Gasteiger charge is -2.31. The third kappa shape index (κ3) is 6.06. The summed E-state index contributed by atoms with van der Waals surface area (Å²) < 4.78 is 39.6. The normalized spacial score (nSPS) is 14.6. The van der Waals surface area contributed by atoms with Gasteiger partial charge in [-0.25, -0.2) is 0 Å². The highest BCUT2D eigenvalue weighted by molar-refractivity contribution is 7.80. The Hall–Kier alpha value is -2.87. The van der Waals surface area contributed by atoms with E-state index >= 15 is 0 Å². The molecule has 0 unspecified atom stereocenters. The van der Waals surface area contributed by atoms with Gasteiger partial charge in [0.25, 0.3) is 0 Å². The number of rotatable bonds is 4. The van der Waals surface area contributed by atoms with Gasteiger partial charge in [0.05, 0.1) is 16.9 Å². The summed E-state index contributed by atoms with van der Waals surface area (Å²) in [5.74, 6) is -0.470. The molecule has 0 spiro atoms. The number of thiocarbonyl (C=S) groups is 1. The molecule has 0 aliphatic carbocycles. The lowest BCUT2D eigenvalue weighted by molar-refractivity contribution is -0.137. The molecular weight excluding hydrogens is 411 g/mol. The quantitative estimate of drug-likeness (QED) is 0.513. The van der Waals surface area contributed by atoms with Gasteiger partial charge in [0.2, 0.25) is 5.91 Å². The van der Waals surface area contributed by atoms with E-state index in [9.17, 15) is 18.0 Å². The van der Waals surface area contributed by atoms with Gasteiger partial charge in [-0.3, -0.25) is 10.1 Å². The van der Waals surface area contributed by atoms with Crippen LogP contribution in [0.2, 0.25) is 0 Å². The molecule has 0 bridgehead atoms. The van der Waals surface area contributed by atoms with E-state index in [2.05, 4.69) is 10.6 Å². The van der Waals surface area contributed by atoms with E-state index in [1.54, 1.807) is 6.08 Å². The molecule has 0 saturated carbocycles. The molecule has 8 heteroatoms. The van der Waals surface area contributed by atoms with Crippen molar-refractivity contribution in [1.82, 2.24) is 5.32 Å². The molecule has 30 heavy (non-hydrogen) atoms. The maximum atomic E-state index is 13.2. The zero-order valence-corrected chi connectivity index (χ0v) is 17.0.